The molecule has 0 radical (unpaired) electrons. The Bertz CT molecular complexity index is 1460. The highest BCUT2D eigenvalue weighted by atomic mass is 32.2. The van der Waals surface area contributed by atoms with Gasteiger partial charge in [0.2, 0.25) is 5.95 Å². The number of hydrogen-bond acceptors (Lipinski definition) is 13. The molecule has 0 spiro atoms. The van der Waals surface area contributed by atoms with Gasteiger partial charge in [0.15, 0.2) is 27.2 Å². The van der Waals surface area contributed by atoms with Gasteiger partial charge in [-0.3, -0.25) is 4.55 Å². The topological polar surface area (TPSA) is 242 Å². The number of nitrogen functional groups attached to an aromatic ring is 3. The van der Waals surface area contributed by atoms with E-state index in [2.05, 4.69) is 30.4 Å². The number of anilines is 3. The molecular weight excluding hydrogens is 474 g/mol. The van der Waals surface area contributed by atoms with Crippen LogP contribution < -0.4 is 17.2 Å². The van der Waals surface area contributed by atoms with E-state index in [1.807, 2.05) is 0 Å². The lowest BCUT2D eigenvalue weighted by Gasteiger charge is -2.05. The normalized spacial score (nSPS) is 12.5. The Morgan fingerprint density at radius 2 is 1.33 bits per heavy atom. The predicted octanol–water partition coefficient (Wildman–Crippen LogP) is 2.70. The molecular formula is C17H17N9O5S2. The summed E-state index contributed by atoms with van der Waals surface area (Å²) in [6, 6.07) is 9.17. The summed E-state index contributed by atoms with van der Waals surface area (Å²) in [4.78, 5) is 6.87. The highest BCUT2D eigenvalue weighted by molar-refractivity contribution is 7.90. The number of aromatic nitrogens is 2. The van der Waals surface area contributed by atoms with Crippen molar-refractivity contribution in [3.63, 3.8) is 0 Å². The number of sulfone groups is 1. The van der Waals surface area contributed by atoms with Gasteiger partial charge in [-0.1, -0.05) is 0 Å². The molecule has 33 heavy (non-hydrogen) atoms. The molecule has 0 fully saturated rings. The molecule has 14 nitrogen and oxygen atoms in total. The van der Waals surface area contributed by atoms with Crippen molar-refractivity contribution in [2.24, 2.45) is 20.5 Å². The summed E-state index contributed by atoms with van der Waals surface area (Å²) < 4.78 is 56.3. The minimum Gasteiger partial charge on any atom is -0.382 e. The Labute approximate surface area is 188 Å². The molecule has 1 aromatic heterocycles. The fraction of sp³-hybridized carbons (Fsp3) is 0.0588. The van der Waals surface area contributed by atoms with E-state index in [-0.39, 0.29) is 39.5 Å². The molecule has 2 aromatic carbocycles. The number of benzene rings is 2. The summed E-state index contributed by atoms with van der Waals surface area (Å²) in [5.41, 5.74) is 16.7. The van der Waals surface area contributed by atoms with Crippen molar-refractivity contribution in [1.29, 1.82) is 0 Å². The lowest BCUT2D eigenvalue weighted by molar-refractivity contribution is 0.483. The summed E-state index contributed by atoms with van der Waals surface area (Å²) in [5.74, 6) is -0.530. The standard InChI is InChI=1S/C17H17N9O5S2/c1-32(27,28)11-5-2-9(3-6-11)23-24-10-4-7-12(13(8-10)33(29,30)31)25-26-14-15(18)21-17(20)22-16(14)19/h2-8H,1H3,(H,29,30,31)(H6,18,19,20,21,22). The maximum atomic E-state index is 11.8. The van der Waals surface area contributed by atoms with E-state index >= 15 is 0 Å². The van der Waals surface area contributed by atoms with Crippen molar-refractivity contribution in [3.8, 4) is 0 Å². The van der Waals surface area contributed by atoms with Crippen LogP contribution in [0.15, 0.2) is 72.7 Å². The number of azo groups is 2. The second kappa shape index (κ2) is 8.85. The van der Waals surface area contributed by atoms with Crippen molar-refractivity contribution in [2.45, 2.75) is 9.79 Å². The summed E-state index contributed by atoms with van der Waals surface area (Å²) in [7, 11) is -8.09. The lowest BCUT2D eigenvalue weighted by atomic mass is 10.3. The zero-order valence-electron chi connectivity index (χ0n) is 16.9. The van der Waals surface area contributed by atoms with Crippen LogP contribution in [0.1, 0.15) is 0 Å². The van der Waals surface area contributed by atoms with Crippen LogP contribution in [-0.2, 0) is 20.0 Å². The SMILES string of the molecule is CS(=O)(=O)c1ccc(N=Nc2ccc(N=Nc3c(N)nc(N)nc3N)c(S(=O)(=O)O)c2)cc1. The van der Waals surface area contributed by atoms with E-state index in [1.54, 1.807) is 0 Å². The second-order valence-corrected chi connectivity index (χ2v) is 9.90. The molecule has 0 saturated heterocycles. The molecule has 172 valence electrons. The average Bonchev–Trinajstić information content (AvgIpc) is 2.71. The van der Waals surface area contributed by atoms with E-state index in [9.17, 15) is 21.4 Å². The van der Waals surface area contributed by atoms with Crippen LogP contribution in [0.5, 0.6) is 0 Å². The first-order valence-corrected chi connectivity index (χ1v) is 12.1. The second-order valence-electron chi connectivity index (χ2n) is 6.49. The van der Waals surface area contributed by atoms with Crippen molar-refractivity contribution in [3.05, 3.63) is 42.5 Å². The van der Waals surface area contributed by atoms with Gasteiger partial charge in [0.25, 0.3) is 10.1 Å². The molecule has 0 aliphatic heterocycles. The van der Waals surface area contributed by atoms with E-state index in [0.29, 0.717) is 5.69 Å². The quantitative estimate of drug-likeness (QED) is 0.290. The Hall–Kier alpha value is -4.02. The maximum Gasteiger partial charge on any atom is 0.296 e. The summed E-state index contributed by atoms with van der Waals surface area (Å²) in [5, 5.41) is 15.3. The third-order valence-electron chi connectivity index (χ3n) is 3.98. The van der Waals surface area contributed by atoms with Crippen LogP contribution in [0, 0.1) is 0 Å². The third-order valence-corrected chi connectivity index (χ3v) is 5.99. The summed E-state index contributed by atoms with van der Waals surface area (Å²) in [6.45, 7) is 0. The van der Waals surface area contributed by atoms with Crippen molar-refractivity contribution < 1.29 is 21.4 Å². The molecule has 0 unspecified atom stereocenters. The fourth-order valence-electron chi connectivity index (χ4n) is 2.44. The Morgan fingerprint density at radius 1 is 0.788 bits per heavy atom. The van der Waals surface area contributed by atoms with Gasteiger partial charge >= 0.3 is 0 Å². The lowest BCUT2D eigenvalue weighted by Crippen LogP contribution is -2.03. The Kier molecular flexibility index (Phi) is 6.34. The molecule has 0 saturated carbocycles. The number of nitrogens with two attached hydrogens (primary N) is 3. The predicted molar refractivity (Wildman–Crippen MR) is 119 cm³/mol. The van der Waals surface area contributed by atoms with Crippen LogP contribution in [0.25, 0.3) is 0 Å². The summed E-state index contributed by atoms with van der Waals surface area (Å²) in [6.07, 6.45) is 1.07. The molecule has 3 rings (SSSR count). The molecule has 16 heteroatoms. The molecule has 1 heterocycles. The van der Waals surface area contributed by atoms with Gasteiger partial charge in [-0.25, -0.2) is 8.42 Å². The van der Waals surface area contributed by atoms with E-state index in [0.717, 1.165) is 12.3 Å². The first kappa shape index (κ1) is 23.6. The van der Waals surface area contributed by atoms with E-state index < -0.39 is 24.9 Å². The highest BCUT2D eigenvalue weighted by Crippen LogP contribution is 2.33. The number of hydrogen-bond donors (Lipinski definition) is 4. The van der Waals surface area contributed by atoms with E-state index in [4.69, 9.17) is 17.2 Å². The van der Waals surface area contributed by atoms with Gasteiger partial charge < -0.3 is 17.2 Å². The monoisotopic (exact) mass is 491 g/mol. The van der Waals surface area contributed by atoms with Crippen molar-refractivity contribution >= 4 is 60.3 Å². The highest BCUT2D eigenvalue weighted by Gasteiger charge is 2.17. The minimum absolute atomic E-state index is 0.0589. The fourth-order valence-corrected chi connectivity index (χ4v) is 3.72. The molecule has 0 amide bonds. The van der Waals surface area contributed by atoms with Crippen molar-refractivity contribution in [1.82, 2.24) is 9.97 Å². The van der Waals surface area contributed by atoms with Crippen LogP contribution in [0.2, 0.25) is 0 Å². The van der Waals surface area contributed by atoms with Crippen LogP contribution in [-0.4, -0.2) is 37.6 Å². The maximum absolute atomic E-state index is 11.8. The van der Waals surface area contributed by atoms with E-state index in [1.165, 1.54) is 36.4 Å². The molecule has 0 aliphatic rings. The first-order chi connectivity index (χ1) is 15.3. The van der Waals surface area contributed by atoms with Crippen molar-refractivity contribution in [2.75, 3.05) is 23.5 Å². The number of nitrogens with zero attached hydrogens (tertiary/aromatic N) is 6. The van der Waals surface area contributed by atoms with Gasteiger partial charge in [-0.05, 0) is 42.5 Å². The van der Waals surface area contributed by atoms with Gasteiger partial charge in [0, 0.05) is 6.26 Å². The average molecular weight is 492 g/mol. The Morgan fingerprint density at radius 3 is 1.88 bits per heavy atom. The first-order valence-electron chi connectivity index (χ1n) is 8.78. The molecule has 0 atom stereocenters. The van der Waals surface area contributed by atoms with Gasteiger partial charge in [-0.15, -0.1) is 10.2 Å². The number of rotatable bonds is 6. The van der Waals surface area contributed by atoms with Crippen LogP contribution in [0.4, 0.5) is 40.3 Å². The molecule has 3 aromatic rings. The smallest absolute Gasteiger partial charge is 0.296 e. The third kappa shape index (κ3) is 5.82. The Balaban J connectivity index is 1.94. The van der Waals surface area contributed by atoms with Crippen LogP contribution in [0.3, 0.4) is 0 Å². The zero-order chi connectivity index (χ0) is 24.4. The largest absolute Gasteiger partial charge is 0.382 e. The molecule has 0 bridgehead atoms. The summed E-state index contributed by atoms with van der Waals surface area (Å²) >= 11 is 0. The minimum atomic E-state index is -4.73. The molecule has 7 N–H and O–H groups in total. The van der Waals surface area contributed by atoms with Gasteiger partial charge in [-0.2, -0.15) is 28.6 Å². The zero-order valence-corrected chi connectivity index (χ0v) is 18.5. The van der Waals surface area contributed by atoms with Gasteiger partial charge in [0.05, 0.1) is 16.3 Å². The van der Waals surface area contributed by atoms with Gasteiger partial charge in [0.1, 0.15) is 10.6 Å². The molecule has 0 aliphatic carbocycles. The van der Waals surface area contributed by atoms with Crippen LogP contribution >= 0.6 is 0 Å².